The fraction of sp³-hybridized carbons (Fsp3) is 0.176. The number of rotatable bonds is 7. The van der Waals surface area contributed by atoms with Crippen LogP contribution >= 0.6 is 0 Å². The van der Waals surface area contributed by atoms with E-state index in [0.717, 1.165) is 5.69 Å². The summed E-state index contributed by atoms with van der Waals surface area (Å²) in [5.41, 5.74) is 1.65. The number of amides is 1. The predicted octanol–water partition coefficient (Wildman–Crippen LogP) is 2.95. The first kappa shape index (κ1) is 16.4. The summed E-state index contributed by atoms with van der Waals surface area (Å²) in [4.78, 5) is 16.4. The van der Waals surface area contributed by atoms with Crippen molar-refractivity contribution in [2.45, 2.75) is 0 Å². The molecular formula is C17H19N3O3. The first-order chi connectivity index (χ1) is 11.2. The summed E-state index contributed by atoms with van der Waals surface area (Å²) in [6.45, 7) is 4.26. The Kier molecular flexibility index (Phi) is 5.57. The SMILES string of the molecule is C=CCNc1ccc(C(=O)Nc2cc(OC)ccc2OC)nc1. The van der Waals surface area contributed by atoms with Crippen LogP contribution in [0.4, 0.5) is 11.4 Å². The summed E-state index contributed by atoms with van der Waals surface area (Å²) in [5, 5.41) is 5.87. The highest BCUT2D eigenvalue weighted by atomic mass is 16.5. The first-order valence-corrected chi connectivity index (χ1v) is 7.02. The molecule has 2 rings (SSSR count). The van der Waals surface area contributed by atoms with Gasteiger partial charge in [0, 0.05) is 12.6 Å². The van der Waals surface area contributed by atoms with Crippen molar-refractivity contribution < 1.29 is 14.3 Å². The Morgan fingerprint density at radius 1 is 1.26 bits per heavy atom. The van der Waals surface area contributed by atoms with Crippen LogP contribution in [0.2, 0.25) is 0 Å². The lowest BCUT2D eigenvalue weighted by Gasteiger charge is -2.11. The van der Waals surface area contributed by atoms with Gasteiger partial charge in [-0.05, 0) is 24.3 Å². The van der Waals surface area contributed by atoms with Crippen LogP contribution in [0.5, 0.6) is 11.5 Å². The Balaban J connectivity index is 2.13. The van der Waals surface area contributed by atoms with E-state index in [9.17, 15) is 4.79 Å². The molecule has 23 heavy (non-hydrogen) atoms. The van der Waals surface area contributed by atoms with Crippen LogP contribution < -0.4 is 20.1 Å². The lowest BCUT2D eigenvalue weighted by Crippen LogP contribution is -2.14. The lowest BCUT2D eigenvalue weighted by atomic mass is 10.2. The van der Waals surface area contributed by atoms with Gasteiger partial charge in [-0.2, -0.15) is 0 Å². The third-order valence-corrected chi connectivity index (χ3v) is 3.10. The van der Waals surface area contributed by atoms with E-state index >= 15 is 0 Å². The second kappa shape index (κ2) is 7.84. The van der Waals surface area contributed by atoms with Gasteiger partial charge in [-0.3, -0.25) is 4.79 Å². The maximum atomic E-state index is 12.3. The standard InChI is InChI=1S/C17H19N3O3/c1-4-9-18-12-5-7-14(19-11-12)17(21)20-15-10-13(22-2)6-8-16(15)23-3/h4-8,10-11,18H,1,9H2,2-3H3,(H,20,21). The molecule has 0 unspecified atom stereocenters. The smallest absolute Gasteiger partial charge is 0.274 e. The topological polar surface area (TPSA) is 72.5 Å². The van der Waals surface area contributed by atoms with Crippen LogP contribution in [-0.4, -0.2) is 31.7 Å². The van der Waals surface area contributed by atoms with Crippen LogP contribution in [0.3, 0.4) is 0 Å². The zero-order valence-corrected chi connectivity index (χ0v) is 13.1. The molecule has 0 spiro atoms. The lowest BCUT2D eigenvalue weighted by molar-refractivity contribution is 0.102. The molecule has 2 aromatic rings. The highest BCUT2D eigenvalue weighted by Gasteiger charge is 2.12. The molecule has 0 saturated carbocycles. The number of carbonyl (C=O) groups excluding carboxylic acids is 1. The fourth-order valence-corrected chi connectivity index (χ4v) is 1.92. The fourth-order valence-electron chi connectivity index (χ4n) is 1.92. The average Bonchev–Trinajstić information content (AvgIpc) is 2.60. The van der Waals surface area contributed by atoms with E-state index < -0.39 is 0 Å². The van der Waals surface area contributed by atoms with Gasteiger partial charge in [0.15, 0.2) is 0 Å². The highest BCUT2D eigenvalue weighted by molar-refractivity contribution is 6.03. The highest BCUT2D eigenvalue weighted by Crippen LogP contribution is 2.29. The minimum atomic E-state index is -0.327. The van der Waals surface area contributed by atoms with Crippen LogP contribution in [0.1, 0.15) is 10.5 Å². The van der Waals surface area contributed by atoms with Crippen LogP contribution in [0, 0.1) is 0 Å². The Bertz CT molecular complexity index is 684. The van der Waals surface area contributed by atoms with Crippen LogP contribution in [0.15, 0.2) is 49.2 Å². The first-order valence-electron chi connectivity index (χ1n) is 7.02. The van der Waals surface area contributed by atoms with E-state index in [-0.39, 0.29) is 5.91 Å². The van der Waals surface area contributed by atoms with Gasteiger partial charge < -0.3 is 20.1 Å². The molecule has 0 radical (unpaired) electrons. The Morgan fingerprint density at radius 2 is 2.09 bits per heavy atom. The molecule has 0 aliphatic rings. The number of anilines is 2. The molecule has 1 aromatic heterocycles. The van der Waals surface area contributed by atoms with Gasteiger partial charge in [-0.1, -0.05) is 6.08 Å². The zero-order chi connectivity index (χ0) is 16.7. The number of benzene rings is 1. The maximum absolute atomic E-state index is 12.3. The molecule has 1 aromatic carbocycles. The summed E-state index contributed by atoms with van der Waals surface area (Å²) in [5.74, 6) is 0.841. The molecule has 0 saturated heterocycles. The Hall–Kier alpha value is -3.02. The number of aromatic nitrogens is 1. The second-order valence-corrected chi connectivity index (χ2v) is 4.62. The number of methoxy groups -OCH3 is 2. The summed E-state index contributed by atoms with van der Waals surface area (Å²) < 4.78 is 10.4. The molecule has 2 N–H and O–H groups in total. The van der Waals surface area contributed by atoms with E-state index in [1.54, 1.807) is 49.7 Å². The average molecular weight is 313 g/mol. The summed E-state index contributed by atoms with van der Waals surface area (Å²) in [7, 11) is 3.10. The number of pyridine rings is 1. The minimum Gasteiger partial charge on any atom is -0.497 e. The molecule has 0 bridgehead atoms. The quantitative estimate of drug-likeness (QED) is 0.769. The van der Waals surface area contributed by atoms with E-state index in [0.29, 0.717) is 29.4 Å². The molecule has 6 heteroatoms. The summed E-state index contributed by atoms with van der Waals surface area (Å²) in [6.07, 6.45) is 3.34. The number of ether oxygens (including phenoxy) is 2. The Morgan fingerprint density at radius 3 is 2.70 bits per heavy atom. The van der Waals surface area contributed by atoms with Crippen molar-refractivity contribution in [2.75, 3.05) is 31.4 Å². The van der Waals surface area contributed by atoms with Crippen molar-refractivity contribution in [3.05, 3.63) is 54.9 Å². The van der Waals surface area contributed by atoms with Crippen molar-refractivity contribution in [3.63, 3.8) is 0 Å². The van der Waals surface area contributed by atoms with E-state index in [2.05, 4.69) is 22.2 Å². The van der Waals surface area contributed by atoms with Crippen molar-refractivity contribution in [1.82, 2.24) is 4.98 Å². The van der Waals surface area contributed by atoms with E-state index in [1.165, 1.54) is 7.11 Å². The predicted molar refractivity (Wildman–Crippen MR) is 90.4 cm³/mol. The van der Waals surface area contributed by atoms with E-state index in [4.69, 9.17) is 9.47 Å². The number of hydrogen-bond acceptors (Lipinski definition) is 5. The van der Waals surface area contributed by atoms with Crippen molar-refractivity contribution in [2.24, 2.45) is 0 Å². The molecule has 0 atom stereocenters. The second-order valence-electron chi connectivity index (χ2n) is 4.62. The normalized spacial score (nSPS) is 9.83. The van der Waals surface area contributed by atoms with Crippen molar-refractivity contribution in [1.29, 1.82) is 0 Å². The number of nitrogens with one attached hydrogen (secondary N) is 2. The van der Waals surface area contributed by atoms with Crippen molar-refractivity contribution in [3.8, 4) is 11.5 Å². The van der Waals surface area contributed by atoms with Gasteiger partial charge in [-0.15, -0.1) is 6.58 Å². The molecule has 0 fully saturated rings. The zero-order valence-electron chi connectivity index (χ0n) is 13.1. The molecule has 0 aliphatic heterocycles. The summed E-state index contributed by atoms with van der Waals surface area (Å²) in [6, 6.07) is 8.61. The van der Waals surface area contributed by atoms with E-state index in [1.807, 2.05) is 0 Å². The van der Waals surface area contributed by atoms with Crippen molar-refractivity contribution >= 4 is 17.3 Å². The summed E-state index contributed by atoms with van der Waals surface area (Å²) >= 11 is 0. The molecule has 120 valence electrons. The van der Waals surface area contributed by atoms with Gasteiger partial charge in [0.2, 0.25) is 0 Å². The number of carbonyl (C=O) groups is 1. The third-order valence-electron chi connectivity index (χ3n) is 3.10. The van der Waals surface area contributed by atoms with Crippen LogP contribution in [0.25, 0.3) is 0 Å². The number of nitrogens with zero attached hydrogens (tertiary/aromatic N) is 1. The monoisotopic (exact) mass is 313 g/mol. The van der Waals surface area contributed by atoms with Gasteiger partial charge in [0.25, 0.3) is 5.91 Å². The van der Waals surface area contributed by atoms with Gasteiger partial charge in [-0.25, -0.2) is 4.98 Å². The largest absolute Gasteiger partial charge is 0.497 e. The molecule has 0 aliphatic carbocycles. The molecule has 6 nitrogen and oxygen atoms in total. The van der Waals surface area contributed by atoms with Crippen LogP contribution in [-0.2, 0) is 0 Å². The molecule has 1 amide bonds. The van der Waals surface area contributed by atoms with Gasteiger partial charge in [0.1, 0.15) is 17.2 Å². The van der Waals surface area contributed by atoms with Gasteiger partial charge in [0.05, 0.1) is 31.8 Å². The third kappa shape index (κ3) is 4.23. The Labute approximate surface area is 135 Å². The molecular weight excluding hydrogens is 294 g/mol. The minimum absolute atomic E-state index is 0.305. The molecule has 1 heterocycles. The maximum Gasteiger partial charge on any atom is 0.274 e. The van der Waals surface area contributed by atoms with Gasteiger partial charge >= 0.3 is 0 Å². The number of hydrogen-bond donors (Lipinski definition) is 2.